The van der Waals surface area contributed by atoms with Crippen molar-refractivity contribution < 1.29 is 9.18 Å². The molecule has 2 aromatic rings. The first-order chi connectivity index (χ1) is 9.04. The molecule has 1 aromatic heterocycles. The number of aryl methyl sites for hydroxylation is 1. The molecule has 0 saturated carbocycles. The maximum Gasteiger partial charge on any atom is 0.215 e. The van der Waals surface area contributed by atoms with E-state index in [9.17, 15) is 9.18 Å². The Morgan fingerprint density at radius 3 is 2.84 bits per heavy atom. The summed E-state index contributed by atoms with van der Waals surface area (Å²) >= 11 is 11.7. The lowest BCUT2D eigenvalue weighted by Gasteiger charge is -2.07. The highest BCUT2D eigenvalue weighted by atomic mass is 35.5. The first-order valence-electron chi connectivity index (χ1n) is 5.75. The molecular formula is C13H11Cl2FN2O. The molecule has 3 nitrogen and oxygen atoms in total. The normalized spacial score (nSPS) is 10.7. The van der Waals surface area contributed by atoms with Crippen LogP contribution in [0, 0.1) is 5.82 Å². The maximum atomic E-state index is 13.7. The summed E-state index contributed by atoms with van der Waals surface area (Å²) < 4.78 is 15.2. The van der Waals surface area contributed by atoms with Crippen LogP contribution in [0.2, 0.25) is 10.0 Å². The molecule has 0 fully saturated rings. The largest absolute Gasteiger partial charge is 0.287 e. The van der Waals surface area contributed by atoms with Gasteiger partial charge in [0.1, 0.15) is 11.5 Å². The van der Waals surface area contributed by atoms with Gasteiger partial charge in [0.2, 0.25) is 5.78 Å². The maximum absolute atomic E-state index is 13.7. The third-order valence-electron chi connectivity index (χ3n) is 2.62. The van der Waals surface area contributed by atoms with Gasteiger partial charge in [-0.25, -0.2) is 4.39 Å². The molecule has 0 bridgehead atoms. The Labute approximate surface area is 119 Å². The van der Waals surface area contributed by atoms with Gasteiger partial charge in [0.05, 0.1) is 16.8 Å². The first kappa shape index (κ1) is 14.0. The molecule has 2 rings (SSSR count). The fourth-order valence-electron chi connectivity index (χ4n) is 1.77. The van der Waals surface area contributed by atoms with Crippen LogP contribution >= 0.6 is 23.2 Å². The molecule has 100 valence electrons. The van der Waals surface area contributed by atoms with Gasteiger partial charge in [0.25, 0.3) is 0 Å². The number of hydrogen-bond donors (Lipinski definition) is 0. The van der Waals surface area contributed by atoms with E-state index < -0.39 is 11.6 Å². The molecule has 0 saturated heterocycles. The van der Waals surface area contributed by atoms with Crippen LogP contribution < -0.4 is 0 Å². The van der Waals surface area contributed by atoms with Crippen LogP contribution in [0.3, 0.4) is 0 Å². The molecule has 19 heavy (non-hydrogen) atoms. The van der Waals surface area contributed by atoms with Crippen molar-refractivity contribution in [1.29, 1.82) is 0 Å². The van der Waals surface area contributed by atoms with Gasteiger partial charge in [-0.15, -0.1) is 0 Å². The number of carbonyl (C=O) groups excluding carboxylic acids is 1. The van der Waals surface area contributed by atoms with Gasteiger partial charge in [-0.05, 0) is 24.6 Å². The molecule has 1 aromatic carbocycles. The summed E-state index contributed by atoms with van der Waals surface area (Å²) in [6, 6.07) is 3.83. The number of rotatable bonds is 4. The van der Waals surface area contributed by atoms with Gasteiger partial charge in [-0.1, -0.05) is 30.1 Å². The second-order valence-electron chi connectivity index (χ2n) is 4.02. The number of ketones is 1. The Bertz CT molecular complexity index is 625. The van der Waals surface area contributed by atoms with Crippen LogP contribution in [0.15, 0.2) is 24.4 Å². The molecule has 6 heteroatoms. The van der Waals surface area contributed by atoms with E-state index in [1.165, 1.54) is 23.0 Å². The third kappa shape index (κ3) is 2.80. The Morgan fingerprint density at radius 1 is 1.42 bits per heavy atom. The molecule has 0 aliphatic rings. The molecule has 0 atom stereocenters. The third-order valence-corrected chi connectivity index (χ3v) is 3.13. The minimum atomic E-state index is -0.630. The fourth-order valence-corrected chi connectivity index (χ4v) is 2.17. The van der Waals surface area contributed by atoms with Crippen LogP contribution in [0.5, 0.6) is 0 Å². The highest BCUT2D eigenvalue weighted by molar-refractivity contribution is 6.35. The monoisotopic (exact) mass is 300 g/mol. The standard InChI is InChI=1S/C13H11Cl2FN2O/c1-2-5-18-12(10(15)7-17-18)13(19)9-6-8(14)3-4-11(9)16/h3-4,6-7H,2,5H2,1H3. The number of hydrogen-bond acceptors (Lipinski definition) is 2. The van der Waals surface area contributed by atoms with Crippen molar-refractivity contribution >= 4 is 29.0 Å². The average molecular weight is 301 g/mol. The molecular weight excluding hydrogens is 290 g/mol. The zero-order valence-electron chi connectivity index (χ0n) is 10.2. The molecule has 0 unspecified atom stereocenters. The van der Waals surface area contributed by atoms with E-state index >= 15 is 0 Å². The van der Waals surface area contributed by atoms with Gasteiger partial charge >= 0.3 is 0 Å². The fraction of sp³-hybridized carbons (Fsp3) is 0.231. The number of nitrogens with zero attached hydrogens (tertiary/aromatic N) is 2. The van der Waals surface area contributed by atoms with Crippen LogP contribution in [-0.4, -0.2) is 15.6 Å². The topological polar surface area (TPSA) is 34.9 Å². The van der Waals surface area contributed by atoms with Gasteiger partial charge in [-0.2, -0.15) is 5.10 Å². The summed E-state index contributed by atoms with van der Waals surface area (Å²) in [4.78, 5) is 12.4. The van der Waals surface area contributed by atoms with Crippen molar-refractivity contribution in [3.8, 4) is 0 Å². The van der Waals surface area contributed by atoms with E-state index in [0.717, 1.165) is 12.5 Å². The Morgan fingerprint density at radius 2 is 2.16 bits per heavy atom. The number of carbonyl (C=O) groups is 1. The zero-order chi connectivity index (χ0) is 14.0. The van der Waals surface area contributed by atoms with Gasteiger partial charge in [-0.3, -0.25) is 9.48 Å². The second kappa shape index (κ2) is 5.72. The van der Waals surface area contributed by atoms with Crippen LogP contribution in [0.1, 0.15) is 29.4 Å². The van der Waals surface area contributed by atoms with E-state index in [4.69, 9.17) is 23.2 Å². The van der Waals surface area contributed by atoms with Crippen molar-refractivity contribution in [3.05, 3.63) is 51.5 Å². The first-order valence-corrected chi connectivity index (χ1v) is 6.51. The molecule has 0 amide bonds. The summed E-state index contributed by atoms with van der Waals surface area (Å²) in [5, 5.41) is 4.51. The minimum absolute atomic E-state index is 0.104. The Balaban J connectivity index is 2.49. The lowest BCUT2D eigenvalue weighted by atomic mass is 10.1. The molecule has 0 spiro atoms. The number of halogens is 3. The zero-order valence-corrected chi connectivity index (χ0v) is 11.7. The van der Waals surface area contributed by atoms with Crippen LogP contribution in [0.25, 0.3) is 0 Å². The van der Waals surface area contributed by atoms with Crippen LogP contribution in [-0.2, 0) is 6.54 Å². The molecule has 0 N–H and O–H groups in total. The van der Waals surface area contributed by atoms with Gasteiger partial charge < -0.3 is 0 Å². The minimum Gasteiger partial charge on any atom is -0.287 e. The van der Waals surface area contributed by atoms with Crippen LogP contribution in [0.4, 0.5) is 4.39 Å². The Kier molecular flexibility index (Phi) is 4.22. The smallest absolute Gasteiger partial charge is 0.215 e. The molecule has 0 radical (unpaired) electrons. The highest BCUT2D eigenvalue weighted by Crippen LogP contribution is 2.23. The van der Waals surface area contributed by atoms with Crippen molar-refractivity contribution in [2.24, 2.45) is 0 Å². The number of benzene rings is 1. The molecule has 0 aliphatic carbocycles. The highest BCUT2D eigenvalue weighted by Gasteiger charge is 2.22. The van der Waals surface area contributed by atoms with Crippen molar-refractivity contribution in [3.63, 3.8) is 0 Å². The predicted molar refractivity (Wildman–Crippen MR) is 72.4 cm³/mol. The SMILES string of the molecule is CCCn1ncc(Cl)c1C(=O)c1cc(Cl)ccc1F. The van der Waals surface area contributed by atoms with Crippen molar-refractivity contribution in [1.82, 2.24) is 9.78 Å². The van der Waals surface area contributed by atoms with Crippen molar-refractivity contribution in [2.75, 3.05) is 0 Å². The Hall–Kier alpha value is -1.39. The van der Waals surface area contributed by atoms with E-state index in [0.29, 0.717) is 11.6 Å². The predicted octanol–water partition coefficient (Wildman–Crippen LogP) is 3.97. The lowest BCUT2D eigenvalue weighted by Crippen LogP contribution is -2.13. The van der Waals surface area contributed by atoms with E-state index in [-0.39, 0.29) is 16.3 Å². The second-order valence-corrected chi connectivity index (χ2v) is 4.86. The average Bonchev–Trinajstić information content (AvgIpc) is 2.73. The lowest BCUT2D eigenvalue weighted by molar-refractivity contribution is 0.102. The van der Waals surface area contributed by atoms with E-state index in [2.05, 4.69) is 5.10 Å². The number of aromatic nitrogens is 2. The molecule has 1 heterocycles. The quantitative estimate of drug-likeness (QED) is 0.801. The van der Waals surface area contributed by atoms with E-state index in [1.54, 1.807) is 0 Å². The summed E-state index contributed by atoms with van der Waals surface area (Å²) in [7, 11) is 0. The van der Waals surface area contributed by atoms with Gasteiger partial charge in [0, 0.05) is 11.6 Å². The summed E-state index contributed by atoms with van der Waals surface area (Å²) in [5.74, 6) is -1.15. The van der Waals surface area contributed by atoms with Crippen molar-refractivity contribution in [2.45, 2.75) is 19.9 Å². The summed E-state index contributed by atoms with van der Waals surface area (Å²) in [5.41, 5.74) is 0.0805. The molecule has 0 aliphatic heterocycles. The van der Waals surface area contributed by atoms with E-state index in [1.807, 2.05) is 6.92 Å². The summed E-state index contributed by atoms with van der Waals surface area (Å²) in [6.45, 7) is 2.49. The summed E-state index contributed by atoms with van der Waals surface area (Å²) in [6.07, 6.45) is 2.17. The van der Waals surface area contributed by atoms with Gasteiger partial charge in [0.15, 0.2) is 0 Å².